The van der Waals surface area contributed by atoms with Gasteiger partial charge in [-0.1, -0.05) is 31.2 Å². The van der Waals surface area contributed by atoms with Crippen LogP contribution in [0.2, 0.25) is 0 Å². The number of benzene rings is 1. The van der Waals surface area contributed by atoms with Gasteiger partial charge >= 0.3 is 6.03 Å². The van der Waals surface area contributed by atoms with Crippen molar-refractivity contribution in [2.45, 2.75) is 38.8 Å². The Morgan fingerprint density at radius 3 is 3.08 bits per heavy atom. The molecule has 0 radical (unpaired) electrons. The van der Waals surface area contributed by atoms with Crippen LogP contribution in [-0.2, 0) is 6.54 Å². The van der Waals surface area contributed by atoms with Crippen molar-refractivity contribution in [3.8, 4) is 11.6 Å². The van der Waals surface area contributed by atoms with Crippen LogP contribution in [0.15, 0.2) is 42.6 Å². The van der Waals surface area contributed by atoms with E-state index in [-0.39, 0.29) is 12.1 Å². The standard InChI is InChI=1S/C20H25N3O3/c1-2-12-26-19-15(7-5-11-21-19)14-22-20(24)23-17-9-6-13-25-18-10-4-3-8-16(17)18/h3-5,7-8,10-11,17H,2,6,9,12-14H2,1H3,(H2,22,23,24). The lowest BCUT2D eigenvalue weighted by Crippen LogP contribution is -2.37. The van der Waals surface area contributed by atoms with E-state index in [4.69, 9.17) is 9.47 Å². The van der Waals surface area contributed by atoms with Crippen LogP contribution in [-0.4, -0.2) is 24.2 Å². The lowest BCUT2D eigenvalue weighted by molar-refractivity contribution is 0.235. The van der Waals surface area contributed by atoms with Gasteiger partial charge in [-0.3, -0.25) is 0 Å². The van der Waals surface area contributed by atoms with E-state index in [0.717, 1.165) is 36.1 Å². The molecule has 0 aliphatic carbocycles. The Bertz CT molecular complexity index is 736. The molecule has 6 nitrogen and oxygen atoms in total. The van der Waals surface area contributed by atoms with Gasteiger partial charge in [0, 0.05) is 23.9 Å². The molecule has 0 bridgehead atoms. The van der Waals surface area contributed by atoms with Gasteiger partial charge in [0.25, 0.3) is 0 Å². The van der Waals surface area contributed by atoms with E-state index in [1.54, 1.807) is 6.20 Å². The first-order valence-corrected chi connectivity index (χ1v) is 9.10. The molecule has 0 fully saturated rings. The molecule has 1 unspecified atom stereocenters. The molecule has 2 heterocycles. The number of hydrogen-bond acceptors (Lipinski definition) is 4. The monoisotopic (exact) mass is 355 g/mol. The molecule has 1 atom stereocenters. The molecule has 0 spiro atoms. The summed E-state index contributed by atoms with van der Waals surface area (Å²) in [6.07, 6.45) is 4.35. The number of ether oxygens (including phenoxy) is 2. The fourth-order valence-corrected chi connectivity index (χ4v) is 2.95. The van der Waals surface area contributed by atoms with Crippen LogP contribution in [0.1, 0.15) is 43.4 Å². The summed E-state index contributed by atoms with van der Waals surface area (Å²) in [5.74, 6) is 1.42. The van der Waals surface area contributed by atoms with E-state index in [0.29, 0.717) is 25.6 Å². The zero-order chi connectivity index (χ0) is 18.2. The molecule has 0 saturated heterocycles. The van der Waals surface area contributed by atoms with Crippen LogP contribution >= 0.6 is 0 Å². The molecule has 2 N–H and O–H groups in total. The average molecular weight is 355 g/mol. The highest BCUT2D eigenvalue weighted by Crippen LogP contribution is 2.31. The van der Waals surface area contributed by atoms with E-state index in [2.05, 4.69) is 15.6 Å². The molecule has 6 heteroatoms. The third-order valence-corrected chi connectivity index (χ3v) is 4.23. The molecule has 1 aromatic heterocycles. The van der Waals surface area contributed by atoms with Crippen molar-refractivity contribution in [3.63, 3.8) is 0 Å². The Labute approximate surface area is 153 Å². The largest absolute Gasteiger partial charge is 0.493 e. The van der Waals surface area contributed by atoms with E-state index < -0.39 is 0 Å². The number of carbonyl (C=O) groups excluding carboxylic acids is 1. The Hall–Kier alpha value is -2.76. The van der Waals surface area contributed by atoms with Crippen LogP contribution in [0.5, 0.6) is 11.6 Å². The van der Waals surface area contributed by atoms with Gasteiger partial charge in [-0.25, -0.2) is 9.78 Å². The topological polar surface area (TPSA) is 72.5 Å². The molecular formula is C20H25N3O3. The summed E-state index contributed by atoms with van der Waals surface area (Å²) < 4.78 is 11.4. The van der Waals surface area contributed by atoms with Crippen molar-refractivity contribution in [1.29, 1.82) is 0 Å². The first-order chi connectivity index (χ1) is 12.8. The molecule has 2 amide bonds. The minimum Gasteiger partial charge on any atom is -0.493 e. The highest BCUT2D eigenvalue weighted by atomic mass is 16.5. The van der Waals surface area contributed by atoms with Crippen LogP contribution in [0, 0.1) is 0 Å². The van der Waals surface area contributed by atoms with Gasteiger partial charge in [0.2, 0.25) is 5.88 Å². The summed E-state index contributed by atoms with van der Waals surface area (Å²) in [6, 6.07) is 11.3. The molecule has 3 rings (SSSR count). The maximum Gasteiger partial charge on any atom is 0.315 e. The lowest BCUT2D eigenvalue weighted by Gasteiger charge is -2.19. The van der Waals surface area contributed by atoms with Gasteiger partial charge in [0.05, 0.1) is 19.3 Å². The second-order valence-electron chi connectivity index (χ2n) is 6.22. The number of urea groups is 1. The smallest absolute Gasteiger partial charge is 0.315 e. The zero-order valence-electron chi connectivity index (χ0n) is 15.0. The van der Waals surface area contributed by atoms with E-state index >= 15 is 0 Å². The lowest BCUT2D eigenvalue weighted by atomic mass is 10.0. The number of carbonyl (C=O) groups is 1. The summed E-state index contributed by atoms with van der Waals surface area (Å²) in [5.41, 5.74) is 1.88. The Kier molecular flexibility index (Phi) is 6.30. The van der Waals surface area contributed by atoms with Crippen molar-refractivity contribution in [1.82, 2.24) is 15.6 Å². The van der Waals surface area contributed by atoms with Gasteiger partial charge in [-0.2, -0.15) is 0 Å². The summed E-state index contributed by atoms with van der Waals surface area (Å²) in [4.78, 5) is 16.6. The minimum absolute atomic E-state index is 0.0570. The predicted octanol–water partition coefficient (Wildman–Crippen LogP) is 3.58. The van der Waals surface area contributed by atoms with Crippen molar-refractivity contribution in [2.75, 3.05) is 13.2 Å². The third kappa shape index (κ3) is 4.65. The molecule has 2 aromatic rings. The van der Waals surface area contributed by atoms with E-state index in [1.807, 2.05) is 43.3 Å². The van der Waals surface area contributed by atoms with E-state index in [1.165, 1.54) is 0 Å². The highest BCUT2D eigenvalue weighted by molar-refractivity contribution is 5.74. The van der Waals surface area contributed by atoms with Gasteiger partial charge in [0.15, 0.2) is 0 Å². The normalized spacial score (nSPS) is 16.0. The fourth-order valence-electron chi connectivity index (χ4n) is 2.95. The molecule has 26 heavy (non-hydrogen) atoms. The highest BCUT2D eigenvalue weighted by Gasteiger charge is 2.21. The molecule has 1 aromatic carbocycles. The van der Waals surface area contributed by atoms with Crippen LogP contribution in [0.3, 0.4) is 0 Å². The van der Waals surface area contributed by atoms with Gasteiger partial charge in [0.1, 0.15) is 5.75 Å². The van der Waals surface area contributed by atoms with Crippen molar-refractivity contribution in [3.05, 3.63) is 53.7 Å². The number of rotatable bonds is 6. The van der Waals surface area contributed by atoms with Gasteiger partial charge in [-0.15, -0.1) is 0 Å². The van der Waals surface area contributed by atoms with Crippen molar-refractivity contribution in [2.24, 2.45) is 0 Å². The number of aromatic nitrogens is 1. The Balaban J connectivity index is 1.60. The molecule has 0 saturated carbocycles. The average Bonchev–Trinajstić information content (AvgIpc) is 2.88. The van der Waals surface area contributed by atoms with Crippen molar-refractivity contribution < 1.29 is 14.3 Å². The first kappa shape index (κ1) is 18.0. The van der Waals surface area contributed by atoms with Crippen LogP contribution in [0.4, 0.5) is 4.79 Å². The Morgan fingerprint density at radius 1 is 1.31 bits per heavy atom. The second kappa shape index (κ2) is 9.08. The molecule has 138 valence electrons. The second-order valence-corrected chi connectivity index (χ2v) is 6.22. The summed E-state index contributed by atoms with van der Waals surface area (Å²) >= 11 is 0. The molecule has 1 aliphatic heterocycles. The molecule has 1 aliphatic rings. The van der Waals surface area contributed by atoms with Crippen LogP contribution in [0.25, 0.3) is 0 Å². The Morgan fingerprint density at radius 2 is 2.19 bits per heavy atom. The zero-order valence-corrected chi connectivity index (χ0v) is 15.0. The van der Waals surface area contributed by atoms with Gasteiger partial charge < -0.3 is 20.1 Å². The van der Waals surface area contributed by atoms with Crippen LogP contribution < -0.4 is 20.1 Å². The number of hydrogen-bond donors (Lipinski definition) is 2. The SMILES string of the molecule is CCCOc1ncccc1CNC(=O)NC1CCCOc2ccccc21. The van der Waals surface area contributed by atoms with Crippen molar-refractivity contribution >= 4 is 6.03 Å². The number of nitrogens with zero attached hydrogens (tertiary/aromatic N) is 1. The molecular weight excluding hydrogens is 330 g/mol. The quantitative estimate of drug-likeness (QED) is 0.831. The predicted molar refractivity (Wildman–Crippen MR) is 99.3 cm³/mol. The fraction of sp³-hybridized carbons (Fsp3) is 0.400. The number of amides is 2. The van der Waals surface area contributed by atoms with E-state index in [9.17, 15) is 4.79 Å². The maximum atomic E-state index is 12.4. The van der Waals surface area contributed by atoms with Gasteiger partial charge in [-0.05, 0) is 31.4 Å². The first-order valence-electron chi connectivity index (χ1n) is 9.10. The number of nitrogens with one attached hydrogen (secondary N) is 2. The number of fused-ring (bicyclic) bond motifs is 1. The summed E-state index contributed by atoms with van der Waals surface area (Å²) in [6.45, 7) is 3.69. The minimum atomic E-state index is -0.211. The summed E-state index contributed by atoms with van der Waals surface area (Å²) in [7, 11) is 0. The third-order valence-electron chi connectivity index (χ3n) is 4.23. The maximum absolute atomic E-state index is 12.4. The summed E-state index contributed by atoms with van der Waals surface area (Å²) in [5, 5.41) is 5.96. The number of pyridine rings is 1. The number of para-hydroxylation sites is 1.